The minimum atomic E-state index is -0.190. The number of methoxy groups -OCH3 is 1. The van der Waals surface area contributed by atoms with E-state index in [1.807, 2.05) is 36.5 Å². The summed E-state index contributed by atoms with van der Waals surface area (Å²) in [5, 5.41) is 4.99. The highest BCUT2D eigenvalue weighted by Gasteiger charge is 2.25. The molecule has 0 spiro atoms. The summed E-state index contributed by atoms with van der Waals surface area (Å²) in [5.41, 5.74) is 4.62. The van der Waals surface area contributed by atoms with Crippen LogP contribution in [-0.2, 0) is 16.0 Å². The molecule has 0 radical (unpaired) electrons. The highest BCUT2D eigenvalue weighted by Crippen LogP contribution is 2.27. The maximum Gasteiger partial charge on any atom is 0.252 e. The third-order valence-electron chi connectivity index (χ3n) is 6.08. The number of pyridine rings is 1. The van der Waals surface area contributed by atoms with Gasteiger partial charge in [0.2, 0.25) is 0 Å². The molecule has 1 amide bonds. The zero-order chi connectivity index (χ0) is 22.6. The molecule has 4 aromatic rings. The maximum absolute atomic E-state index is 12.9. The highest BCUT2D eigenvalue weighted by atomic mass is 16.5. The monoisotopic (exact) mass is 444 g/mol. The van der Waals surface area contributed by atoms with E-state index < -0.39 is 0 Å². The quantitative estimate of drug-likeness (QED) is 0.425. The second-order valence-electron chi connectivity index (χ2n) is 8.35. The summed E-state index contributed by atoms with van der Waals surface area (Å²) in [6, 6.07) is 18.2. The molecule has 0 saturated carbocycles. The number of amides is 1. The van der Waals surface area contributed by atoms with E-state index in [4.69, 9.17) is 14.5 Å². The lowest BCUT2D eigenvalue weighted by Crippen LogP contribution is -2.38. The predicted octanol–water partition coefficient (Wildman–Crippen LogP) is 3.67. The van der Waals surface area contributed by atoms with Crippen LogP contribution in [-0.4, -0.2) is 60.7 Å². The van der Waals surface area contributed by atoms with Gasteiger partial charge in [-0.05, 0) is 41.3 Å². The predicted molar refractivity (Wildman–Crippen MR) is 128 cm³/mol. The van der Waals surface area contributed by atoms with Crippen molar-refractivity contribution in [2.24, 2.45) is 0 Å². The van der Waals surface area contributed by atoms with Gasteiger partial charge in [-0.3, -0.25) is 9.69 Å². The first kappa shape index (κ1) is 21.6. The van der Waals surface area contributed by atoms with Crippen LogP contribution in [0.5, 0.6) is 0 Å². The first-order valence-electron chi connectivity index (χ1n) is 11.3. The molecule has 0 bridgehead atoms. The summed E-state index contributed by atoms with van der Waals surface area (Å²) in [7, 11) is 1.62. The van der Waals surface area contributed by atoms with Gasteiger partial charge in [0.05, 0.1) is 30.0 Å². The topological polar surface area (TPSA) is 79.5 Å². The van der Waals surface area contributed by atoms with Gasteiger partial charge in [-0.15, -0.1) is 0 Å². The van der Waals surface area contributed by atoms with E-state index in [-0.39, 0.29) is 12.0 Å². The average molecular weight is 445 g/mol. The number of benzene rings is 2. The first-order valence-corrected chi connectivity index (χ1v) is 11.3. The minimum Gasteiger partial charge on any atom is -0.383 e. The zero-order valence-electron chi connectivity index (χ0n) is 18.7. The van der Waals surface area contributed by atoms with Crippen molar-refractivity contribution in [2.45, 2.75) is 12.6 Å². The van der Waals surface area contributed by atoms with Crippen LogP contribution in [0, 0.1) is 0 Å². The van der Waals surface area contributed by atoms with Crippen molar-refractivity contribution in [3.63, 3.8) is 0 Å². The molecular weight excluding hydrogens is 416 g/mol. The zero-order valence-corrected chi connectivity index (χ0v) is 18.7. The smallest absolute Gasteiger partial charge is 0.252 e. The van der Waals surface area contributed by atoms with E-state index in [0.29, 0.717) is 25.3 Å². The molecule has 7 nitrogen and oxygen atoms in total. The number of aromatic amines is 1. The van der Waals surface area contributed by atoms with Gasteiger partial charge in [0.25, 0.3) is 5.91 Å². The molecule has 1 aliphatic heterocycles. The van der Waals surface area contributed by atoms with Gasteiger partial charge in [0, 0.05) is 50.4 Å². The summed E-state index contributed by atoms with van der Waals surface area (Å²) < 4.78 is 11.2. The Bertz CT molecular complexity index is 1270. The van der Waals surface area contributed by atoms with E-state index in [1.54, 1.807) is 7.11 Å². The van der Waals surface area contributed by atoms with Crippen molar-refractivity contribution >= 4 is 27.7 Å². The SMILES string of the molecule is COCCNC(=O)c1cc(C2CN(Cc3ccc4[nH]ccc4c3)CCO2)nc2ccccc12. The van der Waals surface area contributed by atoms with E-state index in [9.17, 15) is 4.79 Å². The second kappa shape index (κ2) is 9.70. The molecule has 2 aromatic carbocycles. The van der Waals surface area contributed by atoms with Crippen LogP contribution >= 0.6 is 0 Å². The molecule has 2 aromatic heterocycles. The normalized spacial score (nSPS) is 16.9. The lowest BCUT2D eigenvalue weighted by atomic mass is 10.0. The Labute approximate surface area is 192 Å². The maximum atomic E-state index is 12.9. The summed E-state index contributed by atoms with van der Waals surface area (Å²) in [6.45, 7) is 3.98. The molecule has 170 valence electrons. The molecule has 1 aliphatic rings. The number of morpholine rings is 1. The van der Waals surface area contributed by atoms with Crippen molar-refractivity contribution in [1.82, 2.24) is 20.2 Å². The van der Waals surface area contributed by atoms with Gasteiger partial charge in [-0.25, -0.2) is 4.98 Å². The Morgan fingerprint density at radius 2 is 2.15 bits per heavy atom. The number of nitrogens with one attached hydrogen (secondary N) is 2. The third-order valence-corrected chi connectivity index (χ3v) is 6.08. The van der Waals surface area contributed by atoms with Crippen molar-refractivity contribution in [3.05, 3.63) is 77.6 Å². The summed E-state index contributed by atoms with van der Waals surface area (Å²) >= 11 is 0. The van der Waals surface area contributed by atoms with Crippen LogP contribution in [0.2, 0.25) is 0 Å². The lowest BCUT2D eigenvalue weighted by molar-refractivity contribution is -0.0348. The Kier molecular flexibility index (Phi) is 6.35. The molecule has 1 unspecified atom stereocenters. The van der Waals surface area contributed by atoms with E-state index in [2.05, 4.69) is 39.5 Å². The number of ether oxygens (including phenoxy) is 2. The van der Waals surface area contributed by atoms with Gasteiger partial charge in [0.1, 0.15) is 6.10 Å². The molecule has 0 aliphatic carbocycles. The van der Waals surface area contributed by atoms with E-state index >= 15 is 0 Å². The Balaban J connectivity index is 1.37. The Morgan fingerprint density at radius 1 is 1.24 bits per heavy atom. The van der Waals surface area contributed by atoms with Crippen molar-refractivity contribution in [1.29, 1.82) is 0 Å². The molecule has 1 fully saturated rings. The fraction of sp³-hybridized carbons (Fsp3) is 0.308. The summed E-state index contributed by atoms with van der Waals surface area (Å²) in [6.07, 6.45) is 1.78. The van der Waals surface area contributed by atoms with Gasteiger partial charge in [-0.1, -0.05) is 24.3 Å². The largest absolute Gasteiger partial charge is 0.383 e. The number of hydrogen-bond donors (Lipinski definition) is 2. The van der Waals surface area contributed by atoms with Crippen LogP contribution in [0.4, 0.5) is 0 Å². The van der Waals surface area contributed by atoms with E-state index in [0.717, 1.165) is 41.7 Å². The van der Waals surface area contributed by atoms with Crippen molar-refractivity contribution < 1.29 is 14.3 Å². The number of nitrogens with zero attached hydrogens (tertiary/aromatic N) is 2. The number of carbonyl (C=O) groups is 1. The van der Waals surface area contributed by atoms with Crippen LogP contribution in [0.15, 0.2) is 60.8 Å². The third kappa shape index (κ3) is 4.75. The van der Waals surface area contributed by atoms with Gasteiger partial charge in [-0.2, -0.15) is 0 Å². The molecule has 7 heteroatoms. The minimum absolute atomic E-state index is 0.126. The average Bonchev–Trinajstić information content (AvgIpc) is 3.31. The Morgan fingerprint density at radius 3 is 3.06 bits per heavy atom. The fourth-order valence-electron chi connectivity index (χ4n) is 4.39. The molecule has 1 atom stereocenters. The van der Waals surface area contributed by atoms with Crippen LogP contribution < -0.4 is 5.32 Å². The number of para-hydroxylation sites is 1. The van der Waals surface area contributed by atoms with Crippen LogP contribution in [0.25, 0.3) is 21.8 Å². The fourth-order valence-corrected chi connectivity index (χ4v) is 4.39. The number of rotatable bonds is 7. The molecule has 2 N–H and O–H groups in total. The van der Waals surface area contributed by atoms with Gasteiger partial charge < -0.3 is 19.8 Å². The summed E-state index contributed by atoms with van der Waals surface area (Å²) in [4.78, 5) is 23.4. The number of aromatic nitrogens is 2. The second-order valence-corrected chi connectivity index (χ2v) is 8.35. The Hall–Kier alpha value is -3.26. The van der Waals surface area contributed by atoms with Crippen molar-refractivity contribution in [3.8, 4) is 0 Å². The molecule has 1 saturated heterocycles. The molecular formula is C26H28N4O3. The molecule has 33 heavy (non-hydrogen) atoms. The lowest BCUT2D eigenvalue weighted by Gasteiger charge is -2.33. The van der Waals surface area contributed by atoms with E-state index in [1.165, 1.54) is 10.9 Å². The number of fused-ring (bicyclic) bond motifs is 2. The summed E-state index contributed by atoms with van der Waals surface area (Å²) in [5.74, 6) is -0.126. The van der Waals surface area contributed by atoms with Gasteiger partial charge >= 0.3 is 0 Å². The molecule has 3 heterocycles. The van der Waals surface area contributed by atoms with Crippen molar-refractivity contribution in [2.75, 3.05) is 40.0 Å². The van der Waals surface area contributed by atoms with Crippen LogP contribution in [0.3, 0.4) is 0 Å². The number of hydrogen-bond acceptors (Lipinski definition) is 5. The standard InChI is InChI=1S/C26H28N4O3/c1-32-12-10-28-26(31)21-15-24(29-23-5-3-2-4-20(21)23)25-17-30(11-13-33-25)16-18-6-7-22-19(14-18)8-9-27-22/h2-9,14-15,25,27H,10-13,16-17H2,1H3,(H,28,31). The van der Waals surface area contributed by atoms with Crippen LogP contribution in [0.1, 0.15) is 27.7 Å². The number of carbonyl (C=O) groups excluding carboxylic acids is 1. The van der Waals surface area contributed by atoms with Gasteiger partial charge in [0.15, 0.2) is 0 Å². The first-order chi connectivity index (χ1) is 16.2. The molecule has 5 rings (SSSR count). The highest BCUT2D eigenvalue weighted by molar-refractivity contribution is 6.06. The number of H-pyrrole nitrogens is 1.